The minimum absolute atomic E-state index is 0.112. The molecule has 30 heavy (non-hydrogen) atoms. The summed E-state index contributed by atoms with van der Waals surface area (Å²) in [6.45, 7) is 0.437. The Morgan fingerprint density at radius 1 is 0.800 bits per heavy atom. The highest BCUT2D eigenvalue weighted by atomic mass is 16.2. The van der Waals surface area contributed by atoms with Crippen LogP contribution in [0.5, 0.6) is 0 Å². The van der Waals surface area contributed by atoms with Gasteiger partial charge >= 0.3 is 0 Å². The summed E-state index contributed by atoms with van der Waals surface area (Å²) in [4.78, 5) is 28.3. The lowest BCUT2D eigenvalue weighted by Crippen LogP contribution is -2.50. The van der Waals surface area contributed by atoms with Crippen molar-refractivity contribution < 1.29 is 9.59 Å². The molecule has 0 unspecified atom stereocenters. The number of anilines is 1. The molecule has 150 valence electrons. The van der Waals surface area contributed by atoms with E-state index in [9.17, 15) is 9.59 Å². The third-order valence-electron chi connectivity index (χ3n) is 6.20. The number of aryl methyl sites for hydroxylation is 2. The van der Waals surface area contributed by atoms with E-state index in [0.29, 0.717) is 18.5 Å². The van der Waals surface area contributed by atoms with Crippen LogP contribution in [0.25, 0.3) is 0 Å². The van der Waals surface area contributed by atoms with E-state index in [1.807, 2.05) is 42.5 Å². The number of hydrogen-bond acceptors (Lipinski definition) is 2. The monoisotopic (exact) mass is 396 g/mol. The smallest absolute Gasteiger partial charge is 0.254 e. The van der Waals surface area contributed by atoms with E-state index in [2.05, 4.69) is 23.5 Å². The summed E-state index contributed by atoms with van der Waals surface area (Å²) in [5.41, 5.74) is 6.34. The Labute approximate surface area is 176 Å². The van der Waals surface area contributed by atoms with Crippen LogP contribution in [0.3, 0.4) is 0 Å². The van der Waals surface area contributed by atoms with Crippen molar-refractivity contribution in [2.75, 3.05) is 5.32 Å². The van der Waals surface area contributed by atoms with Crippen molar-refractivity contribution in [2.24, 2.45) is 0 Å². The van der Waals surface area contributed by atoms with E-state index in [1.165, 1.54) is 17.5 Å². The van der Waals surface area contributed by atoms with E-state index in [4.69, 9.17) is 0 Å². The fraction of sp³-hybridized carbons (Fsp3) is 0.231. The maximum absolute atomic E-state index is 13.3. The van der Waals surface area contributed by atoms with Crippen LogP contribution >= 0.6 is 0 Å². The third-order valence-corrected chi connectivity index (χ3v) is 6.20. The van der Waals surface area contributed by atoms with Crippen molar-refractivity contribution >= 4 is 17.5 Å². The van der Waals surface area contributed by atoms with Gasteiger partial charge < -0.3 is 10.2 Å². The average Bonchev–Trinajstić information content (AvgIpc) is 3.26. The van der Waals surface area contributed by atoms with Gasteiger partial charge in [0.15, 0.2) is 0 Å². The number of carbonyl (C=O) groups excluding carboxylic acids is 2. The molecule has 3 aromatic carbocycles. The lowest BCUT2D eigenvalue weighted by molar-refractivity contribution is -0.121. The highest BCUT2D eigenvalue weighted by molar-refractivity contribution is 6.01. The largest absolute Gasteiger partial charge is 0.324 e. The van der Waals surface area contributed by atoms with Crippen LogP contribution in [0, 0.1) is 0 Å². The molecular weight excluding hydrogens is 372 g/mol. The van der Waals surface area contributed by atoms with Crippen molar-refractivity contribution in [3.63, 3.8) is 0 Å². The number of nitrogens with zero attached hydrogens (tertiary/aromatic N) is 1. The first-order valence-electron chi connectivity index (χ1n) is 10.5. The molecule has 1 N–H and O–H groups in total. The normalized spacial score (nSPS) is 17.2. The molecule has 0 spiro atoms. The summed E-state index contributed by atoms with van der Waals surface area (Å²) < 4.78 is 0. The first kappa shape index (κ1) is 18.6. The topological polar surface area (TPSA) is 49.4 Å². The van der Waals surface area contributed by atoms with Gasteiger partial charge in [0.1, 0.15) is 6.04 Å². The molecule has 1 aliphatic heterocycles. The van der Waals surface area contributed by atoms with Crippen molar-refractivity contribution in [1.29, 1.82) is 0 Å². The van der Waals surface area contributed by atoms with Gasteiger partial charge in [-0.05, 0) is 65.8 Å². The number of benzene rings is 3. The maximum atomic E-state index is 13.3. The molecule has 0 fully saturated rings. The summed E-state index contributed by atoms with van der Waals surface area (Å²) in [6, 6.07) is 22.9. The zero-order valence-electron chi connectivity index (χ0n) is 16.8. The van der Waals surface area contributed by atoms with Crippen LogP contribution in [0.2, 0.25) is 0 Å². The average molecular weight is 396 g/mol. The van der Waals surface area contributed by atoms with Crippen LogP contribution < -0.4 is 5.32 Å². The molecule has 3 aromatic rings. The van der Waals surface area contributed by atoms with E-state index >= 15 is 0 Å². The minimum atomic E-state index is -0.541. The number of rotatable bonds is 3. The zero-order chi connectivity index (χ0) is 20.5. The summed E-state index contributed by atoms with van der Waals surface area (Å²) in [6.07, 6.45) is 3.87. The number of carbonyl (C=O) groups is 2. The Bertz CT molecular complexity index is 1110. The Morgan fingerprint density at radius 3 is 2.37 bits per heavy atom. The second kappa shape index (κ2) is 7.79. The molecular formula is C26H24N2O2. The van der Waals surface area contributed by atoms with Gasteiger partial charge in [-0.2, -0.15) is 0 Å². The summed E-state index contributed by atoms with van der Waals surface area (Å²) >= 11 is 0. The molecule has 2 amide bonds. The molecule has 5 rings (SSSR count). The van der Waals surface area contributed by atoms with Crippen LogP contribution in [-0.4, -0.2) is 22.8 Å². The van der Waals surface area contributed by atoms with E-state index in [-0.39, 0.29) is 11.8 Å². The molecule has 4 heteroatoms. The molecule has 1 aliphatic carbocycles. The first-order valence-corrected chi connectivity index (χ1v) is 10.5. The predicted octanol–water partition coefficient (Wildman–Crippen LogP) is 4.38. The van der Waals surface area contributed by atoms with Gasteiger partial charge in [0.2, 0.25) is 5.91 Å². The highest BCUT2D eigenvalue weighted by Gasteiger charge is 2.35. The Morgan fingerprint density at radius 2 is 1.53 bits per heavy atom. The van der Waals surface area contributed by atoms with Crippen LogP contribution in [0.15, 0.2) is 72.8 Å². The summed E-state index contributed by atoms with van der Waals surface area (Å²) in [5.74, 6) is -0.245. The van der Waals surface area contributed by atoms with E-state index in [0.717, 1.165) is 29.7 Å². The van der Waals surface area contributed by atoms with Gasteiger partial charge in [0, 0.05) is 24.2 Å². The molecule has 0 saturated heterocycles. The molecule has 0 aromatic heterocycles. The van der Waals surface area contributed by atoms with Crippen molar-refractivity contribution in [1.82, 2.24) is 4.90 Å². The summed E-state index contributed by atoms with van der Waals surface area (Å²) in [5, 5.41) is 3.08. The van der Waals surface area contributed by atoms with Gasteiger partial charge in [0.05, 0.1) is 0 Å². The van der Waals surface area contributed by atoms with E-state index < -0.39 is 6.04 Å². The molecule has 4 nitrogen and oxygen atoms in total. The number of amides is 2. The lowest BCUT2D eigenvalue weighted by atomic mass is 9.92. The molecule has 0 bridgehead atoms. The highest BCUT2D eigenvalue weighted by Crippen LogP contribution is 2.28. The molecule has 0 saturated carbocycles. The molecule has 0 radical (unpaired) electrons. The number of nitrogens with one attached hydrogen (secondary N) is 1. The zero-order valence-corrected chi connectivity index (χ0v) is 16.8. The second-order valence-corrected chi connectivity index (χ2v) is 8.11. The van der Waals surface area contributed by atoms with Gasteiger partial charge in [-0.15, -0.1) is 0 Å². The standard InChI is InChI=1S/C26H24N2O2/c29-25(27-23-14-13-18-11-6-12-20(18)15-23)24-16-21-9-4-5-10-22(21)17-28(24)26(30)19-7-2-1-3-8-19/h1-5,7-10,13-15,24H,6,11-12,16-17H2,(H,27,29)/t24-/m0/s1. The minimum Gasteiger partial charge on any atom is -0.324 e. The van der Waals surface area contributed by atoms with E-state index in [1.54, 1.807) is 17.0 Å². The lowest BCUT2D eigenvalue weighted by Gasteiger charge is -2.36. The Balaban J connectivity index is 1.44. The number of hydrogen-bond donors (Lipinski definition) is 1. The van der Waals surface area contributed by atoms with Gasteiger partial charge in [-0.1, -0.05) is 48.5 Å². The Kier molecular flexibility index (Phi) is 4.83. The molecule has 1 atom stereocenters. The van der Waals surface area contributed by atoms with Crippen molar-refractivity contribution in [3.05, 3.63) is 101 Å². The molecule has 1 heterocycles. The summed E-state index contributed by atoms with van der Waals surface area (Å²) in [7, 11) is 0. The maximum Gasteiger partial charge on any atom is 0.254 e. The van der Waals surface area contributed by atoms with Gasteiger partial charge in [0.25, 0.3) is 5.91 Å². The SMILES string of the molecule is O=C(Nc1ccc2c(c1)CCC2)[C@@H]1Cc2ccccc2CN1C(=O)c1ccccc1. The van der Waals surface area contributed by atoms with Crippen molar-refractivity contribution in [3.8, 4) is 0 Å². The second-order valence-electron chi connectivity index (χ2n) is 8.11. The van der Waals surface area contributed by atoms with Crippen LogP contribution in [-0.2, 0) is 30.6 Å². The van der Waals surface area contributed by atoms with Gasteiger partial charge in [-0.25, -0.2) is 0 Å². The first-order chi connectivity index (χ1) is 14.7. The van der Waals surface area contributed by atoms with Crippen LogP contribution in [0.1, 0.15) is 39.0 Å². The van der Waals surface area contributed by atoms with Crippen LogP contribution in [0.4, 0.5) is 5.69 Å². The van der Waals surface area contributed by atoms with Crippen molar-refractivity contribution in [2.45, 2.75) is 38.3 Å². The fourth-order valence-electron chi connectivity index (χ4n) is 4.59. The fourth-order valence-corrected chi connectivity index (χ4v) is 4.59. The molecule has 2 aliphatic rings. The third kappa shape index (κ3) is 3.50. The quantitative estimate of drug-likeness (QED) is 0.714. The Hall–Kier alpha value is -3.40. The number of fused-ring (bicyclic) bond motifs is 2. The predicted molar refractivity (Wildman–Crippen MR) is 117 cm³/mol. The van der Waals surface area contributed by atoms with Gasteiger partial charge in [-0.3, -0.25) is 9.59 Å².